The summed E-state index contributed by atoms with van der Waals surface area (Å²) in [6.45, 7) is 2.97. The number of aryl methyl sites for hydroxylation is 1. The first-order valence-corrected chi connectivity index (χ1v) is 3.72. The molecular weight excluding hydrogens is 156 g/mol. The van der Waals surface area contributed by atoms with Gasteiger partial charge in [-0.25, -0.2) is 0 Å². The molecule has 0 spiro atoms. The minimum Gasteiger partial charge on any atom is -0.334 e. The van der Waals surface area contributed by atoms with Gasteiger partial charge in [0.1, 0.15) is 0 Å². The van der Waals surface area contributed by atoms with Crippen molar-refractivity contribution < 1.29 is 4.52 Å². The lowest BCUT2D eigenvalue weighted by molar-refractivity contribution is 0.426. The van der Waals surface area contributed by atoms with Crippen LogP contribution >= 0.6 is 0 Å². The molecule has 1 aromatic heterocycles. The Morgan fingerprint density at radius 2 is 2.42 bits per heavy atom. The number of nitrogens with two attached hydrogens (primary N) is 1. The lowest BCUT2D eigenvalue weighted by Crippen LogP contribution is -2.00. The Balaban J connectivity index is 2.28. The highest BCUT2D eigenvalue weighted by Gasteiger charge is 1.97. The molecule has 3 N–H and O–H groups in total. The number of anilines is 1. The molecule has 0 aliphatic rings. The highest BCUT2D eigenvalue weighted by molar-refractivity contribution is 5.19. The molecule has 0 fully saturated rings. The zero-order valence-electron chi connectivity index (χ0n) is 6.95. The molecule has 0 radical (unpaired) electrons. The molecule has 12 heavy (non-hydrogen) atoms. The molecule has 1 heterocycles. The van der Waals surface area contributed by atoms with E-state index in [1.807, 2.05) is 12.2 Å². The predicted molar refractivity (Wildman–Crippen MR) is 45.7 cm³/mol. The molecule has 1 aromatic rings. The number of aromatic nitrogens is 2. The summed E-state index contributed by atoms with van der Waals surface area (Å²) in [6.07, 6.45) is 3.76. The van der Waals surface area contributed by atoms with Gasteiger partial charge in [0.25, 0.3) is 0 Å². The van der Waals surface area contributed by atoms with Crippen LogP contribution in [-0.2, 0) is 0 Å². The minimum absolute atomic E-state index is 0.439. The van der Waals surface area contributed by atoms with Crippen LogP contribution in [0.4, 0.5) is 6.01 Å². The summed E-state index contributed by atoms with van der Waals surface area (Å²) in [5, 5.41) is 6.54. The highest BCUT2D eigenvalue weighted by atomic mass is 16.5. The van der Waals surface area contributed by atoms with Gasteiger partial charge in [-0.2, -0.15) is 4.98 Å². The van der Waals surface area contributed by atoms with E-state index in [4.69, 9.17) is 10.3 Å². The summed E-state index contributed by atoms with van der Waals surface area (Å²) < 4.78 is 4.81. The summed E-state index contributed by atoms with van der Waals surface area (Å²) in [5.74, 6) is 0.625. The van der Waals surface area contributed by atoms with Crippen LogP contribution in [0.2, 0.25) is 0 Å². The van der Waals surface area contributed by atoms with Crippen molar-refractivity contribution in [3.8, 4) is 0 Å². The van der Waals surface area contributed by atoms with E-state index in [2.05, 4.69) is 15.5 Å². The first-order chi connectivity index (χ1) is 5.83. The molecule has 0 unspecified atom stereocenters. The van der Waals surface area contributed by atoms with E-state index < -0.39 is 0 Å². The van der Waals surface area contributed by atoms with Gasteiger partial charge >= 0.3 is 6.01 Å². The van der Waals surface area contributed by atoms with Gasteiger partial charge in [-0.15, -0.1) is 0 Å². The second-order valence-corrected chi connectivity index (χ2v) is 2.23. The average Bonchev–Trinajstić information content (AvgIpc) is 2.45. The molecule has 0 aromatic carbocycles. The van der Waals surface area contributed by atoms with E-state index in [1.165, 1.54) is 0 Å². The van der Waals surface area contributed by atoms with Gasteiger partial charge in [0, 0.05) is 13.1 Å². The van der Waals surface area contributed by atoms with E-state index in [-0.39, 0.29) is 0 Å². The fourth-order valence-electron chi connectivity index (χ4n) is 0.695. The molecule has 0 aliphatic carbocycles. The van der Waals surface area contributed by atoms with Crippen LogP contribution in [0.1, 0.15) is 5.82 Å². The Morgan fingerprint density at radius 1 is 1.58 bits per heavy atom. The van der Waals surface area contributed by atoms with Gasteiger partial charge in [0.15, 0.2) is 5.82 Å². The van der Waals surface area contributed by atoms with Crippen LogP contribution in [0.15, 0.2) is 16.7 Å². The highest BCUT2D eigenvalue weighted by Crippen LogP contribution is 2.00. The van der Waals surface area contributed by atoms with Crippen molar-refractivity contribution in [3.05, 3.63) is 18.0 Å². The largest absolute Gasteiger partial charge is 0.334 e. The average molecular weight is 168 g/mol. The van der Waals surface area contributed by atoms with Gasteiger partial charge in [-0.3, -0.25) is 0 Å². The van der Waals surface area contributed by atoms with Gasteiger partial charge in [0.05, 0.1) is 0 Å². The van der Waals surface area contributed by atoms with Crippen molar-refractivity contribution in [1.29, 1.82) is 0 Å². The topological polar surface area (TPSA) is 77.0 Å². The Morgan fingerprint density at radius 3 is 3.00 bits per heavy atom. The quantitative estimate of drug-likeness (QED) is 0.632. The zero-order valence-corrected chi connectivity index (χ0v) is 6.95. The second kappa shape index (κ2) is 4.50. The molecular formula is C7H12N4O. The van der Waals surface area contributed by atoms with Crippen molar-refractivity contribution in [2.45, 2.75) is 6.92 Å². The van der Waals surface area contributed by atoms with Crippen LogP contribution in [0, 0.1) is 6.92 Å². The number of nitrogens with zero attached hydrogens (tertiary/aromatic N) is 2. The summed E-state index contributed by atoms with van der Waals surface area (Å²) >= 11 is 0. The third-order valence-electron chi connectivity index (χ3n) is 1.20. The standard InChI is InChI=1S/C7H12N4O/c1-6-10-7(12-11-6)9-5-3-2-4-8/h2-3H,4-5,8H2,1H3,(H,9,10,11)/b3-2+. The van der Waals surface area contributed by atoms with Crippen molar-refractivity contribution in [3.63, 3.8) is 0 Å². The van der Waals surface area contributed by atoms with Crippen LogP contribution in [-0.4, -0.2) is 23.2 Å². The molecule has 0 aliphatic heterocycles. The fourth-order valence-corrected chi connectivity index (χ4v) is 0.695. The smallest absolute Gasteiger partial charge is 0.321 e. The lowest BCUT2D eigenvalue weighted by Gasteiger charge is -1.92. The van der Waals surface area contributed by atoms with Crippen molar-refractivity contribution in [1.82, 2.24) is 10.1 Å². The zero-order chi connectivity index (χ0) is 8.81. The van der Waals surface area contributed by atoms with Crippen molar-refractivity contribution in [2.75, 3.05) is 18.4 Å². The molecule has 5 heteroatoms. The van der Waals surface area contributed by atoms with E-state index in [9.17, 15) is 0 Å². The van der Waals surface area contributed by atoms with Gasteiger partial charge < -0.3 is 15.6 Å². The lowest BCUT2D eigenvalue weighted by atomic mass is 10.5. The maximum absolute atomic E-state index is 5.25. The maximum atomic E-state index is 5.25. The van der Waals surface area contributed by atoms with Crippen LogP contribution < -0.4 is 11.1 Å². The van der Waals surface area contributed by atoms with Crippen LogP contribution in [0.5, 0.6) is 0 Å². The molecule has 0 saturated carbocycles. The Hall–Kier alpha value is -1.36. The summed E-state index contributed by atoms with van der Waals surface area (Å²) in [7, 11) is 0. The van der Waals surface area contributed by atoms with Gasteiger partial charge in [-0.05, 0) is 6.92 Å². The number of hydrogen-bond acceptors (Lipinski definition) is 5. The fraction of sp³-hybridized carbons (Fsp3) is 0.429. The molecule has 1 rings (SSSR count). The second-order valence-electron chi connectivity index (χ2n) is 2.23. The molecule has 5 nitrogen and oxygen atoms in total. The first kappa shape index (κ1) is 8.73. The Labute approximate surface area is 70.6 Å². The third kappa shape index (κ3) is 2.71. The molecule has 66 valence electrons. The molecule has 0 bridgehead atoms. The summed E-state index contributed by atoms with van der Waals surface area (Å²) in [6, 6.07) is 0.439. The summed E-state index contributed by atoms with van der Waals surface area (Å²) in [4.78, 5) is 3.95. The van der Waals surface area contributed by atoms with Gasteiger partial charge in [0.2, 0.25) is 0 Å². The normalized spacial score (nSPS) is 10.8. The first-order valence-electron chi connectivity index (χ1n) is 3.72. The van der Waals surface area contributed by atoms with Gasteiger partial charge in [-0.1, -0.05) is 17.3 Å². The van der Waals surface area contributed by atoms with E-state index in [0.29, 0.717) is 24.9 Å². The monoisotopic (exact) mass is 168 g/mol. The Kier molecular flexibility index (Phi) is 3.28. The molecule has 0 saturated heterocycles. The Bertz CT molecular complexity index is 256. The number of rotatable bonds is 4. The van der Waals surface area contributed by atoms with Crippen molar-refractivity contribution >= 4 is 6.01 Å². The summed E-state index contributed by atoms with van der Waals surface area (Å²) in [5.41, 5.74) is 5.25. The van der Waals surface area contributed by atoms with E-state index in [0.717, 1.165) is 0 Å². The van der Waals surface area contributed by atoms with Crippen LogP contribution in [0.25, 0.3) is 0 Å². The molecule has 0 amide bonds. The predicted octanol–water partition coefficient (Wildman–Crippen LogP) is 0.305. The van der Waals surface area contributed by atoms with Crippen molar-refractivity contribution in [2.24, 2.45) is 5.73 Å². The van der Waals surface area contributed by atoms with E-state index in [1.54, 1.807) is 6.92 Å². The third-order valence-corrected chi connectivity index (χ3v) is 1.20. The van der Waals surface area contributed by atoms with Crippen LogP contribution in [0.3, 0.4) is 0 Å². The SMILES string of the molecule is Cc1noc(NC/C=C/CN)n1. The van der Waals surface area contributed by atoms with E-state index >= 15 is 0 Å². The maximum Gasteiger partial charge on any atom is 0.321 e. The minimum atomic E-state index is 0.439. The number of nitrogens with one attached hydrogen (secondary N) is 1. The molecule has 0 atom stereocenters. The number of hydrogen-bond donors (Lipinski definition) is 2.